The van der Waals surface area contributed by atoms with E-state index in [2.05, 4.69) is 27.5 Å². The van der Waals surface area contributed by atoms with E-state index in [0.29, 0.717) is 12.5 Å². The zero-order valence-corrected chi connectivity index (χ0v) is 16.9. The molecule has 0 saturated carbocycles. The van der Waals surface area contributed by atoms with Crippen LogP contribution in [0.3, 0.4) is 0 Å². The summed E-state index contributed by atoms with van der Waals surface area (Å²) >= 11 is 0. The number of nitrogens with two attached hydrogens (primary N) is 1. The van der Waals surface area contributed by atoms with E-state index in [1.807, 2.05) is 65.6 Å². The molecule has 6 heteroatoms. The lowest BCUT2D eigenvalue weighted by Crippen LogP contribution is -2.33. The topological polar surface area (TPSA) is 68.2 Å². The van der Waals surface area contributed by atoms with Gasteiger partial charge in [0.25, 0.3) is 0 Å². The second-order valence-electron chi connectivity index (χ2n) is 5.81. The number of hydrogen-bond acceptors (Lipinski definition) is 2. The van der Waals surface area contributed by atoms with Crippen LogP contribution in [0.1, 0.15) is 11.1 Å². The van der Waals surface area contributed by atoms with Crippen LogP contribution < -0.4 is 11.1 Å². The lowest BCUT2D eigenvalue weighted by Gasteiger charge is -2.05. The van der Waals surface area contributed by atoms with Crippen molar-refractivity contribution in [3.05, 3.63) is 84.2 Å². The number of guanidine groups is 1. The molecule has 3 rings (SSSR count). The Kier molecular flexibility index (Phi) is 8.14. The summed E-state index contributed by atoms with van der Waals surface area (Å²) in [5, 5.41) is 7.55. The van der Waals surface area contributed by atoms with Gasteiger partial charge in [-0.1, -0.05) is 48.5 Å². The number of rotatable bonds is 7. The second-order valence-corrected chi connectivity index (χ2v) is 5.81. The minimum absolute atomic E-state index is 0. The molecule has 0 unspecified atom stereocenters. The Morgan fingerprint density at radius 2 is 1.65 bits per heavy atom. The van der Waals surface area contributed by atoms with Gasteiger partial charge in [-0.3, -0.25) is 4.99 Å². The Morgan fingerprint density at radius 3 is 2.38 bits per heavy atom. The molecule has 0 aliphatic heterocycles. The monoisotopic (exact) mass is 461 g/mol. The molecule has 3 N–H and O–H groups in total. The Balaban J connectivity index is 0.00000243. The van der Waals surface area contributed by atoms with Crippen molar-refractivity contribution in [1.29, 1.82) is 0 Å². The van der Waals surface area contributed by atoms with E-state index in [1.165, 1.54) is 5.56 Å². The molecule has 2 aromatic carbocycles. The number of aliphatic imine (C=N–C) groups is 1. The van der Waals surface area contributed by atoms with Crippen LogP contribution in [0, 0.1) is 0 Å². The molecule has 26 heavy (non-hydrogen) atoms. The summed E-state index contributed by atoms with van der Waals surface area (Å²) in [6.07, 6.45) is 5.67. The highest BCUT2D eigenvalue weighted by Gasteiger charge is 2.01. The highest BCUT2D eigenvalue weighted by molar-refractivity contribution is 14.0. The average molecular weight is 461 g/mol. The predicted octanol–water partition coefficient (Wildman–Crippen LogP) is 3.18. The van der Waals surface area contributed by atoms with Crippen LogP contribution in [0.4, 0.5) is 0 Å². The molecular weight excluding hydrogens is 437 g/mol. The van der Waals surface area contributed by atoms with Crippen LogP contribution in [-0.2, 0) is 12.8 Å². The standard InChI is InChI=1S/C20H23N5.HI/c21-20(22-13-11-17-7-3-1-4-8-17)23-14-12-18-15-24-25(16-18)19-9-5-2-6-10-19;/h1-10,15-16H,11-14H2,(H3,21,22,23);1H. The van der Waals surface area contributed by atoms with Gasteiger partial charge in [0.1, 0.15) is 0 Å². The molecule has 0 radical (unpaired) electrons. The number of para-hydroxylation sites is 1. The summed E-state index contributed by atoms with van der Waals surface area (Å²) < 4.78 is 1.88. The molecule has 136 valence electrons. The first-order chi connectivity index (χ1) is 12.3. The minimum Gasteiger partial charge on any atom is -0.370 e. The summed E-state index contributed by atoms with van der Waals surface area (Å²) in [6.45, 7) is 1.43. The third-order valence-electron chi connectivity index (χ3n) is 3.90. The lowest BCUT2D eigenvalue weighted by atomic mass is 10.2. The van der Waals surface area contributed by atoms with Crippen LogP contribution >= 0.6 is 24.0 Å². The smallest absolute Gasteiger partial charge is 0.188 e. The van der Waals surface area contributed by atoms with Gasteiger partial charge in [-0.2, -0.15) is 5.10 Å². The zero-order chi connectivity index (χ0) is 17.3. The Hall–Kier alpha value is -2.35. The molecule has 0 amide bonds. The average Bonchev–Trinajstić information content (AvgIpc) is 3.12. The number of hydrogen-bond donors (Lipinski definition) is 2. The van der Waals surface area contributed by atoms with E-state index in [1.54, 1.807) is 0 Å². The highest BCUT2D eigenvalue weighted by Crippen LogP contribution is 2.07. The molecule has 0 aliphatic carbocycles. The van der Waals surface area contributed by atoms with Crippen molar-refractivity contribution in [3.63, 3.8) is 0 Å². The Morgan fingerprint density at radius 1 is 0.962 bits per heavy atom. The fourth-order valence-corrected chi connectivity index (χ4v) is 2.55. The van der Waals surface area contributed by atoms with Gasteiger partial charge in [0.2, 0.25) is 0 Å². The van der Waals surface area contributed by atoms with Gasteiger partial charge in [0, 0.05) is 19.3 Å². The number of benzene rings is 2. The maximum Gasteiger partial charge on any atom is 0.188 e. The van der Waals surface area contributed by atoms with Crippen molar-refractivity contribution in [1.82, 2.24) is 15.1 Å². The quantitative estimate of drug-likeness (QED) is 0.323. The van der Waals surface area contributed by atoms with Crippen molar-refractivity contribution < 1.29 is 0 Å². The third kappa shape index (κ3) is 6.18. The van der Waals surface area contributed by atoms with Crippen LogP contribution in [0.25, 0.3) is 5.69 Å². The predicted molar refractivity (Wildman–Crippen MR) is 117 cm³/mol. The van der Waals surface area contributed by atoms with Gasteiger partial charge < -0.3 is 11.1 Å². The van der Waals surface area contributed by atoms with Gasteiger partial charge in [-0.15, -0.1) is 24.0 Å². The fourth-order valence-electron chi connectivity index (χ4n) is 2.55. The number of nitrogens with zero attached hydrogens (tertiary/aromatic N) is 3. The largest absolute Gasteiger partial charge is 0.370 e. The van der Waals surface area contributed by atoms with E-state index >= 15 is 0 Å². The first-order valence-corrected chi connectivity index (χ1v) is 8.48. The van der Waals surface area contributed by atoms with Crippen molar-refractivity contribution in [2.75, 3.05) is 13.1 Å². The van der Waals surface area contributed by atoms with Gasteiger partial charge in [-0.05, 0) is 36.1 Å². The van der Waals surface area contributed by atoms with Gasteiger partial charge in [0.15, 0.2) is 5.96 Å². The van der Waals surface area contributed by atoms with Crippen LogP contribution in [0.2, 0.25) is 0 Å². The molecule has 0 fully saturated rings. The van der Waals surface area contributed by atoms with E-state index in [9.17, 15) is 0 Å². The summed E-state index contributed by atoms with van der Waals surface area (Å²) in [6, 6.07) is 20.4. The van der Waals surface area contributed by atoms with E-state index < -0.39 is 0 Å². The van der Waals surface area contributed by atoms with Crippen LogP contribution in [-0.4, -0.2) is 28.8 Å². The maximum absolute atomic E-state index is 5.92. The lowest BCUT2D eigenvalue weighted by molar-refractivity contribution is 0.842. The SMILES string of the molecule is I.NC(=NCCc1ccccc1)NCCc1cnn(-c2ccccc2)c1. The van der Waals surface area contributed by atoms with Crippen LogP contribution in [0.15, 0.2) is 78.0 Å². The molecule has 0 saturated heterocycles. The van der Waals surface area contributed by atoms with Gasteiger partial charge in [-0.25, -0.2) is 4.68 Å². The summed E-state index contributed by atoms with van der Waals surface area (Å²) in [5.74, 6) is 0.492. The molecule has 5 nitrogen and oxygen atoms in total. The molecular formula is C20H24IN5. The molecule has 0 bridgehead atoms. The molecule has 1 aromatic heterocycles. The third-order valence-corrected chi connectivity index (χ3v) is 3.90. The van der Waals surface area contributed by atoms with E-state index in [0.717, 1.165) is 30.6 Å². The molecule has 0 spiro atoms. The molecule has 3 aromatic rings. The first-order valence-electron chi connectivity index (χ1n) is 8.48. The van der Waals surface area contributed by atoms with Crippen molar-refractivity contribution >= 4 is 29.9 Å². The number of halogens is 1. The molecule has 0 aliphatic rings. The van der Waals surface area contributed by atoms with Crippen molar-refractivity contribution in [2.45, 2.75) is 12.8 Å². The maximum atomic E-state index is 5.92. The van der Waals surface area contributed by atoms with E-state index in [4.69, 9.17) is 5.73 Å². The highest BCUT2D eigenvalue weighted by atomic mass is 127. The summed E-state index contributed by atoms with van der Waals surface area (Å²) in [4.78, 5) is 4.37. The van der Waals surface area contributed by atoms with Gasteiger partial charge >= 0.3 is 0 Å². The number of aromatic nitrogens is 2. The first kappa shape index (κ1) is 20.0. The van der Waals surface area contributed by atoms with Crippen molar-refractivity contribution in [3.8, 4) is 5.69 Å². The molecule has 1 heterocycles. The van der Waals surface area contributed by atoms with Gasteiger partial charge in [0.05, 0.1) is 11.9 Å². The van der Waals surface area contributed by atoms with E-state index in [-0.39, 0.29) is 24.0 Å². The van der Waals surface area contributed by atoms with Crippen molar-refractivity contribution in [2.24, 2.45) is 10.7 Å². The number of nitrogens with one attached hydrogen (secondary N) is 1. The zero-order valence-electron chi connectivity index (χ0n) is 14.6. The summed E-state index contributed by atoms with van der Waals surface area (Å²) in [7, 11) is 0. The summed E-state index contributed by atoms with van der Waals surface area (Å²) in [5.41, 5.74) is 9.41. The fraction of sp³-hybridized carbons (Fsp3) is 0.200. The normalized spacial score (nSPS) is 11.0. The van der Waals surface area contributed by atoms with Crippen LogP contribution in [0.5, 0.6) is 0 Å². The Labute approximate surface area is 171 Å². The second kappa shape index (κ2) is 10.6. The Bertz CT molecular complexity index is 799. The minimum atomic E-state index is 0. The molecule has 0 atom stereocenters.